The molecule has 0 unspecified atom stereocenters. The number of nitrogens with one attached hydrogen (secondary N) is 2. The maximum Gasteiger partial charge on any atom is 0.419 e. The highest BCUT2D eigenvalue weighted by Crippen LogP contribution is 2.35. The van der Waals surface area contributed by atoms with E-state index in [1.54, 1.807) is 25.1 Å². The zero-order valence-corrected chi connectivity index (χ0v) is 17.1. The minimum atomic E-state index is -4.70. The summed E-state index contributed by atoms with van der Waals surface area (Å²) in [6.07, 6.45) is -4.02. The lowest BCUT2D eigenvalue weighted by atomic mass is 10.1. The second-order valence-electron chi connectivity index (χ2n) is 6.81. The third-order valence-corrected chi connectivity index (χ3v) is 4.70. The number of anilines is 1. The fourth-order valence-electron chi connectivity index (χ4n) is 3.15. The molecular weight excluding hydrogens is 432 g/mol. The van der Waals surface area contributed by atoms with Crippen LogP contribution in [0.3, 0.4) is 0 Å². The molecule has 3 rings (SSSR count). The van der Waals surface area contributed by atoms with Gasteiger partial charge in [-0.05, 0) is 30.7 Å². The van der Waals surface area contributed by atoms with Crippen molar-refractivity contribution < 1.29 is 32.2 Å². The van der Waals surface area contributed by atoms with Crippen LogP contribution < -0.4 is 15.4 Å². The van der Waals surface area contributed by atoms with Crippen molar-refractivity contribution in [3.05, 3.63) is 70.8 Å². The lowest BCUT2D eigenvalue weighted by molar-refractivity contribution is -0.138. The largest absolute Gasteiger partial charge is 0.494 e. The van der Waals surface area contributed by atoms with Gasteiger partial charge in [-0.3, -0.25) is 0 Å². The van der Waals surface area contributed by atoms with Gasteiger partial charge in [-0.2, -0.15) is 18.3 Å². The normalized spacial score (nSPS) is 11.3. The summed E-state index contributed by atoms with van der Waals surface area (Å²) in [4.78, 5) is 12.2. The number of nitrogens with zero attached hydrogens (tertiary/aromatic N) is 2. The number of aliphatic hydroxyl groups excluding tert-OH is 1. The number of amides is 2. The second kappa shape index (κ2) is 9.27. The van der Waals surface area contributed by atoms with Crippen molar-refractivity contribution in [1.29, 1.82) is 0 Å². The summed E-state index contributed by atoms with van der Waals surface area (Å²) < 4.78 is 60.8. The minimum Gasteiger partial charge on any atom is -0.494 e. The summed E-state index contributed by atoms with van der Waals surface area (Å²) >= 11 is 0. The van der Waals surface area contributed by atoms with Crippen molar-refractivity contribution in [2.75, 3.05) is 12.4 Å². The Morgan fingerprint density at radius 1 is 1.25 bits per heavy atom. The summed E-state index contributed by atoms with van der Waals surface area (Å²) in [6.45, 7) is 0.711. The number of rotatable bonds is 6. The van der Waals surface area contributed by atoms with Crippen molar-refractivity contribution in [3.8, 4) is 11.4 Å². The number of aliphatic hydroxyl groups is 1. The van der Waals surface area contributed by atoms with Crippen molar-refractivity contribution in [3.63, 3.8) is 0 Å². The summed E-state index contributed by atoms with van der Waals surface area (Å²) in [6, 6.07) is 7.73. The van der Waals surface area contributed by atoms with Crippen molar-refractivity contribution in [2.24, 2.45) is 0 Å². The summed E-state index contributed by atoms with van der Waals surface area (Å²) in [5.41, 5.74) is -0.233. The van der Waals surface area contributed by atoms with Crippen LogP contribution in [0.1, 0.15) is 22.4 Å². The molecule has 0 spiro atoms. The molecule has 7 nitrogen and oxygen atoms in total. The number of carbonyl (C=O) groups excluding carboxylic acids is 1. The molecule has 1 heterocycles. The molecule has 0 saturated heterocycles. The van der Waals surface area contributed by atoms with Gasteiger partial charge in [-0.15, -0.1) is 0 Å². The standard InChI is InChI=1S/C21H20F4N4O3/c1-12-4-3-5-17(19(12)32-2)29-18(15(9-27-29)21(23,24)25)10-26-20(31)28-14-7-6-13(11-30)16(22)8-14/h3-9,30H,10-11H2,1-2H3,(H2,26,28,31). The van der Waals surface area contributed by atoms with E-state index >= 15 is 0 Å². The predicted octanol–water partition coefficient (Wildman–Crippen LogP) is 4.16. The predicted molar refractivity (Wildman–Crippen MR) is 108 cm³/mol. The van der Waals surface area contributed by atoms with Crippen LogP contribution in [0.4, 0.5) is 28.0 Å². The van der Waals surface area contributed by atoms with E-state index in [1.807, 2.05) is 0 Å². The average Bonchev–Trinajstić information content (AvgIpc) is 3.16. The maximum absolute atomic E-state index is 13.8. The van der Waals surface area contributed by atoms with Crippen LogP contribution in [-0.2, 0) is 19.3 Å². The molecule has 2 amide bonds. The zero-order valence-electron chi connectivity index (χ0n) is 17.1. The minimum absolute atomic E-state index is 0.0433. The number of para-hydroxylation sites is 1. The Balaban J connectivity index is 1.87. The first kappa shape index (κ1) is 23.1. The van der Waals surface area contributed by atoms with Gasteiger partial charge >= 0.3 is 12.2 Å². The SMILES string of the molecule is COc1c(C)cccc1-n1ncc(C(F)(F)F)c1CNC(=O)Nc1ccc(CO)c(F)c1. The summed E-state index contributed by atoms with van der Waals surface area (Å²) in [7, 11) is 1.40. The average molecular weight is 452 g/mol. The second-order valence-corrected chi connectivity index (χ2v) is 6.81. The number of carbonyl (C=O) groups is 1. The number of benzene rings is 2. The van der Waals surface area contributed by atoms with Gasteiger partial charge in [0.2, 0.25) is 0 Å². The Hall–Kier alpha value is -3.60. The van der Waals surface area contributed by atoms with Gasteiger partial charge in [0.05, 0.1) is 37.7 Å². The van der Waals surface area contributed by atoms with Gasteiger partial charge in [0.25, 0.3) is 0 Å². The van der Waals surface area contributed by atoms with Gasteiger partial charge in [-0.25, -0.2) is 13.9 Å². The van der Waals surface area contributed by atoms with Gasteiger partial charge < -0.3 is 20.5 Å². The Labute approximate surface area is 180 Å². The van der Waals surface area contributed by atoms with Gasteiger partial charge in [0.15, 0.2) is 0 Å². The molecule has 32 heavy (non-hydrogen) atoms. The summed E-state index contributed by atoms with van der Waals surface area (Å²) in [5.74, 6) is -0.385. The molecule has 0 fully saturated rings. The van der Waals surface area contributed by atoms with E-state index in [0.717, 1.165) is 10.7 Å². The van der Waals surface area contributed by atoms with Crippen LogP contribution in [0, 0.1) is 12.7 Å². The van der Waals surface area contributed by atoms with E-state index in [2.05, 4.69) is 15.7 Å². The van der Waals surface area contributed by atoms with E-state index in [4.69, 9.17) is 9.84 Å². The van der Waals surface area contributed by atoms with Gasteiger partial charge in [-0.1, -0.05) is 18.2 Å². The van der Waals surface area contributed by atoms with Crippen molar-refractivity contribution in [1.82, 2.24) is 15.1 Å². The molecule has 2 aromatic carbocycles. The highest BCUT2D eigenvalue weighted by Gasteiger charge is 2.37. The zero-order chi connectivity index (χ0) is 23.5. The Bertz CT molecular complexity index is 1130. The topological polar surface area (TPSA) is 88.4 Å². The monoisotopic (exact) mass is 452 g/mol. The lowest BCUT2D eigenvalue weighted by Gasteiger charge is -2.16. The Kier molecular flexibility index (Phi) is 6.68. The third-order valence-electron chi connectivity index (χ3n) is 4.70. The number of aryl methyl sites for hydroxylation is 1. The smallest absolute Gasteiger partial charge is 0.419 e. The number of methoxy groups -OCH3 is 1. The van der Waals surface area contributed by atoms with Crippen LogP contribution in [0.2, 0.25) is 0 Å². The van der Waals surface area contributed by atoms with Crippen LogP contribution in [0.15, 0.2) is 42.6 Å². The number of alkyl halides is 3. The molecule has 11 heteroatoms. The molecule has 0 aliphatic rings. The highest BCUT2D eigenvalue weighted by molar-refractivity contribution is 5.89. The van der Waals surface area contributed by atoms with Crippen molar-refractivity contribution >= 4 is 11.7 Å². The van der Waals surface area contributed by atoms with Crippen LogP contribution >= 0.6 is 0 Å². The maximum atomic E-state index is 13.8. The number of urea groups is 1. The highest BCUT2D eigenvalue weighted by atomic mass is 19.4. The first-order valence-corrected chi connectivity index (χ1v) is 9.38. The molecule has 3 N–H and O–H groups in total. The molecule has 1 aromatic heterocycles. The molecule has 0 radical (unpaired) electrons. The number of halogens is 4. The molecule has 170 valence electrons. The van der Waals surface area contributed by atoms with Crippen LogP contribution in [0.5, 0.6) is 5.75 Å². The number of hydrogen-bond donors (Lipinski definition) is 3. The molecule has 0 atom stereocenters. The van der Waals surface area contributed by atoms with E-state index in [1.165, 1.54) is 19.2 Å². The molecule has 0 bridgehead atoms. The number of ether oxygens (including phenoxy) is 1. The van der Waals surface area contributed by atoms with E-state index in [9.17, 15) is 22.4 Å². The Morgan fingerprint density at radius 3 is 2.62 bits per heavy atom. The molecule has 0 aliphatic carbocycles. The third kappa shape index (κ3) is 4.83. The van der Waals surface area contributed by atoms with Crippen LogP contribution in [0.25, 0.3) is 5.69 Å². The molecule has 0 aliphatic heterocycles. The lowest BCUT2D eigenvalue weighted by Crippen LogP contribution is -2.30. The molecular formula is C21H20F4N4O3. The van der Waals surface area contributed by atoms with Crippen LogP contribution in [-0.4, -0.2) is 28.0 Å². The summed E-state index contributed by atoms with van der Waals surface area (Å²) in [5, 5.41) is 17.5. The molecule has 3 aromatic rings. The Morgan fingerprint density at radius 2 is 2.00 bits per heavy atom. The van der Waals surface area contributed by atoms with E-state index < -0.39 is 36.7 Å². The van der Waals surface area contributed by atoms with E-state index in [0.29, 0.717) is 17.5 Å². The van der Waals surface area contributed by atoms with Crippen molar-refractivity contribution in [2.45, 2.75) is 26.3 Å². The van der Waals surface area contributed by atoms with E-state index in [-0.39, 0.29) is 22.6 Å². The van der Waals surface area contributed by atoms with Gasteiger partial charge in [0, 0.05) is 11.3 Å². The fourth-order valence-corrected chi connectivity index (χ4v) is 3.15. The first-order valence-electron chi connectivity index (χ1n) is 9.38. The first-order chi connectivity index (χ1) is 15.2. The number of hydrogen-bond acceptors (Lipinski definition) is 4. The molecule has 0 saturated carbocycles. The fraction of sp³-hybridized carbons (Fsp3) is 0.238. The van der Waals surface area contributed by atoms with Gasteiger partial charge in [0.1, 0.15) is 17.3 Å². The number of aromatic nitrogens is 2. The quantitative estimate of drug-likeness (QED) is 0.490.